The van der Waals surface area contributed by atoms with Gasteiger partial charge in [-0.15, -0.1) is 0 Å². The number of rotatable bonds is 4. The molecular formula is C19H18N2O6. The SMILES string of the molecule is Cc1ccc(NC(=O)c2ccco2)cc1NC=C1C(=O)OC(C)(C)OC1=O. The number of ether oxygens (including phenoxy) is 2. The van der Waals surface area contributed by atoms with Crippen LogP contribution in [0.25, 0.3) is 0 Å². The van der Waals surface area contributed by atoms with E-state index in [0.29, 0.717) is 11.4 Å². The molecule has 3 rings (SSSR count). The van der Waals surface area contributed by atoms with Gasteiger partial charge in [0.15, 0.2) is 11.3 Å². The Labute approximate surface area is 155 Å². The molecule has 1 amide bonds. The van der Waals surface area contributed by atoms with Crippen LogP contribution in [0.1, 0.15) is 30.0 Å². The Bertz CT molecular complexity index is 906. The van der Waals surface area contributed by atoms with Gasteiger partial charge < -0.3 is 24.5 Å². The molecule has 0 bridgehead atoms. The number of cyclic esters (lactones) is 2. The lowest BCUT2D eigenvalue weighted by atomic mass is 10.1. The van der Waals surface area contributed by atoms with Crippen LogP contribution in [0.15, 0.2) is 52.8 Å². The van der Waals surface area contributed by atoms with Crippen LogP contribution in [0, 0.1) is 6.92 Å². The van der Waals surface area contributed by atoms with E-state index in [1.165, 1.54) is 26.3 Å². The van der Waals surface area contributed by atoms with Crippen LogP contribution in [0.5, 0.6) is 0 Å². The summed E-state index contributed by atoms with van der Waals surface area (Å²) in [6.07, 6.45) is 2.63. The monoisotopic (exact) mass is 370 g/mol. The predicted molar refractivity (Wildman–Crippen MR) is 95.8 cm³/mol. The van der Waals surface area contributed by atoms with Crippen molar-refractivity contribution in [2.75, 3.05) is 10.6 Å². The van der Waals surface area contributed by atoms with Crippen LogP contribution in [0.3, 0.4) is 0 Å². The predicted octanol–water partition coefficient (Wildman–Crippen LogP) is 2.97. The second-order valence-corrected chi connectivity index (χ2v) is 6.34. The maximum atomic E-state index is 12.1. The fourth-order valence-electron chi connectivity index (χ4n) is 2.38. The molecule has 0 aliphatic carbocycles. The number of furan rings is 1. The zero-order valence-electron chi connectivity index (χ0n) is 15.0. The first-order valence-corrected chi connectivity index (χ1v) is 8.14. The van der Waals surface area contributed by atoms with Crippen LogP contribution >= 0.6 is 0 Å². The van der Waals surface area contributed by atoms with Crippen LogP contribution in [-0.4, -0.2) is 23.6 Å². The molecule has 8 heteroatoms. The van der Waals surface area contributed by atoms with E-state index in [9.17, 15) is 14.4 Å². The number of carbonyl (C=O) groups is 3. The van der Waals surface area contributed by atoms with Crippen molar-refractivity contribution in [1.82, 2.24) is 0 Å². The van der Waals surface area contributed by atoms with Crippen LogP contribution in [0.2, 0.25) is 0 Å². The molecule has 1 aliphatic heterocycles. The van der Waals surface area contributed by atoms with Crippen molar-refractivity contribution in [2.45, 2.75) is 26.6 Å². The molecule has 1 aromatic heterocycles. The van der Waals surface area contributed by atoms with Gasteiger partial charge in [0.05, 0.1) is 6.26 Å². The van der Waals surface area contributed by atoms with E-state index in [1.54, 1.807) is 30.3 Å². The van der Waals surface area contributed by atoms with Crippen molar-refractivity contribution >= 4 is 29.2 Å². The van der Waals surface area contributed by atoms with Gasteiger partial charge >= 0.3 is 11.9 Å². The van der Waals surface area contributed by atoms with Gasteiger partial charge in [-0.05, 0) is 36.8 Å². The maximum Gasteiger partial charge on any atom is 0.350 e. The van der Waals surface area contributed by atoms with Crippen molar-refractivity contribution in [1.29, 1.82) is 0 Å². The number of anilines is 2. The molecule has 2 aromatic rings. The van der Waals surface area contributed by atoms with Gasteiger partial charge in [0.25, 0.3) is 11.7 Å². The van der Waals surface area contributed by atoms with Crippen LogP contribution < -0.4 is 10.6 Å². The van der Waals surface area contributed by atoms with Crippen LogP contribution in [-0.2, 0) is 19.1 Å². The van der Waals surface area contributed by atoms with E-state index < -0.39 is 23.6 Å². The summed E-state index contributed by atoms with van der Waals surface area (Å²) < 4.78 is 15.1. The Hall–Kier alpha value is -3.55. The number of hydrogen-bond acceptors (Lipinski definition) is 7. The molecule has 8 nitrogen and oxygen atoms in total. The zero-order chi connectivity index (χ0) is 19.6. The summed E-state index contributed by atoms with van der Waals surface area (Å²) >= 11 is 0. The highest BCUT2D eigenvalue weighted by molar-refractivity contribution is 6.15. The lowest BCUT2D eigenvalue weighted by Gasteiger charge is -2.29. The number of hydrogen-bond donors (Lipinski definition) is 2. The second kappa shape index (κ2) is 6.99. The number of nitrogens with one attached hydrogen (secondary N) is 2. The van der Waals surface area contributed by atoms with Gasteiger partial charge in [0.2, 0.25) is 0 Å². The van der Waals surface area contributed by atoms with E-state index in [-0.39, 0.29) is 11.3 Å². The summed E-state index contributed by atoms with van der Waals surface area (Å²) in [5.74, 6) is -3.05. The average molecular weight is 370 g/mol. The molecule has 140 valence electrons. The van der Waals surface area contributed by atoms with Crippen molar-refractivity contribution < 1.29 is 28.3 Å². The van der Waals surface area contributed by atoms with Gasteiger partial charge in [-0.3, -0.25) is 4.79 Å². The number of esters is 2. The van der Waals surface area contributed by atoms with E-state index in [2.05, 4.69) is 10.6 Å². The minimum Gasteiger partial charge on any atom is -0.459 e. The normalized spacial score (nSPS) is 15.6. The maximum absolute atomic E-state index is 12.1. The third kappa shape index (κ3) is 4.17. The fourth-order valence-corrected chi connectivity index (χ4v) is 2.38. The van der Waals surface area contributed by atoms with E-state index in [1.807, 2.05) is 6.92 Å². The Kier molecular flexibility index (Phi) is 4.72. The first kappa shape index (κ1) is 18.2. The fraction of sp³-hybridized carbons (Fsp3) is 0.211. The molecule has 2 N–H and O–H groups in total. The van der Waals surface area contributed by atoms with E-state index >= 15 is 0 Å². The molecule has 1 saturated heterocycles. The standard InChI is InChI=1S/C19H18N2O6/c1-11-6-7-12(21-16(22)15-5-4-8-25-15)9-14(11)20-10-13-17(23)26-19(2,3)27-18(13)24/h4-10,20H,1-3H3,(H,21,22). The Morgan fingerprint density at radius 2 is 1.81 bits per heavy atom. The molecular weight excluding hydrogens is 352 g/mol. The molecule has 0 spiro atoms. The molecule has 27 heavy (non-hydrogen) atoms. The van der Waals surface area contributed by atoms with Crippen molar-refractivity contribution in [3.8, 4) is 0 Å². The smallest absolute Gasteiger partial charge is 0.350 e. The van der Waals surface area contributed by atoms with Gasteiger partial charge in [-0.1, -0.05) is 6.07 Å². The first-order chi connectivity index (χ1) is 12.7. The van der Waals surface area contributed by atoms with Crippen molar-refractivity contribution in [3.05, 3.63) is 59.7 Å². The third-order valence-corrected chi connectivity index (χ3v) is 3.73. The largest absolute Gasteiger partial charge is 0.459 e. The Morgan fingerprint density at radius 3 is 2.44 bits per heavy atom. The summed E-state index contributed by atoms with van der Waals surface area (Å²) in [7, 11) is 0. The number of benzene rings is 1. The number of carbonyl (C=O) groups excluding carboxylic acids is 3. The minimum atomic E-state index is -1.29. The molecule has 0 unspecified atom stereocenters. The molecule has 0 saturated carbocycles. The molecule has 1 aromatic carbocycles. The molecule has 1 fully saturated rings. The molecule has 1 aliphatic rings. The highest BCUT2D eigenvalue weighted by Gasteiger charge is 2.38. The lowest BCUT2D eigenvalue weighted by molar-refractivity contribution is -0.222. The Morgan fingerprint density at radius 1 is 1.11 bits per heavy atom. The summed E-state index contributed by atoms with van der Waals surface area (Å²) in [4.78, 5) is 36.0. The van der Waals surface area contributed by atoms with Gasteiger partial charge in [0.1, 0.15) is 0 Å². The topological polar surface area (TPSA) is 107 Å². The molecule has 0 atom stereocenters. The minimum absolute atomic E-state index is 0.183. The van der Waals surface area contributed by atoms with Gasteiger partial charge in [0, 0.05) is 31.4 Å². The number of amides is 1. The summed E-state index contributed by atoms with van der Waals surface area (Å²) in [5.41, 5.74) is 1.68. The molecule has 2 heterocycles. The van der Waals surface area contributed by atoms with Gasteiger partial charge in [-0.2, -0.15) is 0 Å². The quantitative estimate of drug-likeness (QED) is 0.484. The number of aryl methyl sites for hydroxylation is 1. The summed E-state index contributed by atoms with van der Waals surface area (Å²) in [5, 5.41) is 5.58. The highest BCUT2D eigenvalue weighted by Crippen LogP contribution is 2.24. The average Bonchev–Trinajstić information content (AvgIpc) is 3.10. The Balaban J connectivity index is 1.76. The first-order valence-electron chi connectivity index (χ1n) is 8.14. The van der Waals surface area contributed by atoms with Gasteiger partial charge in [-0.25, -0.2) is 9.59 Å². The van der Waals surface area contributed by atoms with Crippen LogP contribution in [0.4, 0.5) is 11.4 Å². The molecule has 0 radical (unpaired) electrons. The van der Waals surface area contributed by atoms with E-state index in [4.69, 9.17) is 13.9 Å². The highest BCUT2D eigenvalue weighted by atomic mass is 16.7. The van der Waals surface area contributed by atoms with Crippen molar-refractivity contribution in [2.24, 2.45) is 0 Å². The lowest BCUT2D eigenvalue weighted by Crippen LogP contribution is -2.42. The van der Waals surface area contributed by atoms with Crippen molar-refractivity contribution in [3.63, 3.8) is 0 Å². The summed E-state index contributed by atoms with van der Waals surface area (Å²) in [6, 6.07) is 8.33. The zero-order valence-corrected chi connectivity index (χ0v) is 15.0. The van der Waals surface area contributed by atoms with E-state index in [0.717, 1.165) is 5.56 Å². The third-order valence-electron chi connectivity index (χ3n) is 3.73. The second-order valence-electron chi connectivity index (χ2n) is 6.34. The summed E-state index contributed by atoms with van der Waals surface area (Å²) in [6.45, 7) is 4.78.